The van der Waals surface area contributed by atoms with Crippen LogP contribution >= 0.6 is 24.0 Å². The maximum absolute atomic E-state index is 13.2. The van der Waals surface area contributed by atoms with Crippen molar-refractivity contribution >= 4 is 46.1 Å². The summed E-state index contributed by atoms with van der Waals surface area (Å²) in [6.45, 7) is 2.47. The van der Waals surface area contributed by atoms with E-state index in [0.717, 1.165) is 5.56 Å². The summed E-state index contributed by atoms with van der Waals surface area (Å²) in [6, 6.07) is 11.1. The van der Waals surface area contributed by atoms with Gasteiger partial charge in [-0.25, -0.2) is 0 Å². The minimum atomic E-state index is -0.425. The van der Waals surface area contributed by atoms with Gasteiger partial charge < -0.3 is 19.2 Å². The Bertz CT molecular complexity index is 1520. The van der Waals surface area contributed by atoms with Gasteiger partial charge in [0.15, 0.2) is 11.5 Å². The Labute approximate surface area is 215 Å². The first-order chi connectivity index (χ1) is 17.4. The Kier molecular flexibility index (Phi) is 6.30. The first-order valence-corrected chi connectivity index (χ1v) is 12.1. The third kappa shape index (κ3) is 4.25. The second-order valence-electron chi connectivity index (χ2n) is 8.13. The quantitative estimate of drug-likeness (QED) is 0.382. The Hall–Kier alpha value is -4.01. The number of furan rings is 1. The van der Waals surface area contributed by atoms with Crippen LogP contribution in [0.4, 0.5) is 5.82 Å². The van der Waals surface area contributed by atoms with Crippen LogP contribution in [0.3, 0.4) is 0 Å². The zero-order valence-corrected chi connectivity index (χ0v) is 21.0. The molecule has 0 saturated carbocycles. The molecule has 9 nitrogen and oxygen atoms in total. The van der Waals surface area contributed by atoms with Crippen LogP contribution in [0, 0.1) is 18.3 Å². The number of carbonyl (C=O) groups excluding carboxylic acids is 1. The number of amides is 1. The highest BCUT2D eigenvalue weighted by Crippen LogP contribution is 2.36. The number of thiocarbonyl (C=S) groups is 1. The fourth-order valence-corrected chi connectivity index (χ4v) is 5.24. The Morgan fingerprint density at radius 1 is 1.25 bits per heavy atom. The molecule has 36 heavy (non-hydrogen) atoms. The molecule has 0 bridgehead atoms. The number of carbonyl (C=O) groups is 1. The Morgan fingerprint density at radius 3 is 2.81 bits per heavy atom. The second kappa shape index (κ2) is 9.56. The SMILES string of the molecule is Cc1c(/C=C2/SC(=S)N(Cc3ccco3)C2=O)c(NCc2ccc3c(c2)OCO3)n(C)c(=O)c1C#N. The molecular weight excluding hydrogens is 500 g/mol. The first-order valence-electron chi connectivity index (χ1n) is 10.9. The molecular formula is C25H20N4O5S2. The summed E-state index contributed by atoms with van der Waals surface area (Å²) in [5, 5.41) is 12.9. The lowest BCUT2D eigenvalue weighted by Gasteiger charge is -2.18. The summed E-state index contributed by atoms with van der Waals surface area (Å²) < 4.78 is 18.0. The van der Waals surface area contributed by atoms with E-state index in [1.54, 1.807) is 32.2 Å². The first kappa shape index (κ1) is 23.7. The number of hydrogen-bond donors (Lipinski definition) is 1. The molecule has 1 fully saturated rings. The van der Waals surface area contributed by atoms with Crippen LogP contribution in [0.15, 0.2) is 50.7 Å². The van der Waals surface area contributed by atoms with Gasteiger partial charge in [-0.2, -0.15) is 5.26 Å². The number of pyridine rings is 1. The van der Waals surface area contributed by atoms with Gasteiger partial charge in [0.05, 0.1) is 17.7 Å². The predicted octanol–water partition coefficient (Wildman–Crippen LogP) is 3.90. The standard InChI is InChI=1S/C25H20N4O5S2/c1-14-17(9-21-24(31)29(25(35)36-21)12-16-4-3-7-32-16)22(28(2)23(30)18(14)10-26)27-11-15-5-6-19-20(8-15)34-13-33-19/h3-9,27H,11-13H2,1-2H3/b21-9+. The predicted molar refractivity (Wildman–Crippen MR) is 138 cm³/mol. The molecule has 1 aromatic carbocycles. The smallest absolute Gasteiger partial charge is 0.270 e. The number of aromatic nitrogens is 1. The molecule has 0 radical (unpaired) electrons. The number of thioether (sulfide) groups is 1. The van der Waals surface area contributed by atoms with Crippen LogP contribution in [-0.4, -0.2) is 26.5 Å². The van der Waals surface area contributed by atoms with Gasteiger partial charge in [-0.3, -0.25) is 19.1 Å². The maximum atomic E-state index is 13.2. The van der Waals surface area contributed by atoms with Crippen LogP contribution in [0.25, 0.3) is 6.08 Å². The second-order valence-corrected chi connectivity index (χ2v) is 9.80. The number of benzene rings is 1. The molecule has 2 aliphatic heterocycles. The van der Waals surface area contributed by atoms with Gasteiger partial charge in [0, 0.05) is 19.2 Å². The zero-order valence-electron chi connectivity index (χ0n) is 19.4. The van der Waals surface area contributed by atoms with Crippen LogP contribution in [-0.2, 0) is 24.9 Å². The van der Waals surface area contributed by atoms with Gasteiger partial charge >= 0.3 is 0 Å². The third-order valence-electron chi connectivity index (χ3n) is 5.94. The number of fused-ring (bicyclic) bond motifs is 1. The largest absolute Gasteiger partial charge is 0.467 e. The molecule has 4 heterocycles. The van der Waals surface area contributed by atoms with Crippen molar-refractivity contribution in [2.75, 3.05) is 12.1 Å². The molecule has 1 amide bonds. The third-order valence-corrected chi connectivity index (χ3v) is 7.32. The monoisotopic (exact) mass is 520 g/mol. The van der Waals surface area contributed by atoms with Crippen molar-refractivity contribution in [1.82, 2.24) is 9.47 Å². The summed E-state index contributed by atoms with van der Waals surface area (Å²) in [6.07, 6.45) is 3.22. The minimum Gasteiger partial charge on any atom is -0.467 e. The number of nitrogens with one attached hydrogen (secondary N) is 1. The molecule has 2 aromatic heterocycles. The van der Waals surface area contributed by atoms with Gasteiger partial charge in [0.2, 0.25) is 6.79 Å². The molecule has 3 aromatic rings. The molecule has 0 atom stereocenters. The van der Waals surface area contributed by atoms with Crippen molar-refractivity contribution < 1.29 is 18.7 Å². The van der Waals surface area contributed by atoms with Crippen LogP contribution in [0.1, 0.15) is 28.0 Å². The Balaban J connectivity index is 1.50. The van der Waals surface area contributed by atoms with Gasteiger partial charge in [0.1, 0.15) is 27.5 Å². The highest BCUT2D eigenvalue weighted by molar-refractivity contribution is 8.26. The molecule has 5 rings (SSSR count). The number of ether oxygens (including phenoxy) is 2. The lowest BCUT2D eigenvalue weighted by Crippen LogP contribution is -2.27. The van der Waals surface area contributed by atoms with Crippen molar-refractivity contribution in [3.8, 4) is 17.6 Å². The van der Waals surface area contributed by atoms with Crippen molar-refractivity contribution in [2.24, 2.45) is 7.05 Å². The minimum absolute atomic E-state index is 0.0171. The molecule has 1 N–H and O–H groups in total. The fourth-order valence-electron chi connectivity index (χ4n) is 4.01. The number of rotatable bonds is 6. The molecule has 0 spiro atoms. The molecule has 11 heteroatoms. The molecule has 182 valence electrons. The van der Waals surface area contributed by atoms with Gasteiger partial charge in [0.25, 0.3) is 11.5 Å². The van der Waals surface area contributed by atoms with Crippen molar-refractivity contribution in [2.45, 2.75) is 20.0 Å². The molecule has 2 aliphatic rings. The molecule has 1 saturated heterocycles. The van der Waals surface area contributed by atoms with E-state index in [9.17, 15) is 14.9 Å². The van der Waals surface area contributed by atoms with Crippen molar-refractivity contribution in [3.05, 3.63) is 79.9 Å². The summed E-state index contributed by atoms with van der Waals surface area (Å²) >= 11 is 6.61. The summed E-state index contributed by atoms with van der Waals surface area (Å²) in [5.74, 6) is 2.15. The van der Waals surface area contributed by atoms with Crippen LogP contribution in [0.5, 0.6) is 11.5 Å². The molecule has 0 unspecified atom stereocenters. The summed E-state index contributed by atoms with van der Waals surface area (Å²) in [5.41, 5.74) is 1.54. The average Bonchev–Trinajstić information content (AvgIpc) is 3.61. The Morgan fingerprint density at radius 2 is 2.06 bits per heavy atom. The fraction of sp³-hybridized carbons (Fsp3) is 0.200. The van der Waals surface area contributed by atoms with Gasteiger partial charge in [-0.05, 0) is 48.4 Å². The lowest BCUT2D eigenvalue weighted by molar-refractivity contribution is -0.122. The average molecular weight is 521 g/mol. The maximum Gasteiger partial charge on any atom is 0.270 e. The highest BCUT2D eigenvalue weighted by atomic mass is 32.2. The van der Waals surface area contributed by atoms with E-state index in [-0.39, 0.29) is 24.8 Å². The van der Waals surface area contributed by atoms with E-state index < -0.39 is 5.56 Å². The molecule has 0 aliphatic carbocycles. The van der Waals surface area contributed by atoms with Crippen LogP contribution in [0.2, 0.25) is 0 Å². The lowest BCUT2D eigenvalue weighted by atomic mass is 10.0. The normalized spacial score (nSPS) is 15.6. The van der Waals surface area contributed by atoms with Crippen molar-refractivity contribution in [1.29, 1.82) is 5.26 Å². The van der Waals surface area contributed by atoms with Gasteiger partial charge in [-0.15, -0.1) is 0 Å². The van der Waals surface area contributed by atoms with E-state index >= 15 is 0 Å². The van der Waals surface area contributed by atoms with E-state index in [4.69, 9.17) is 26.1 Å². The highest BCUT2D eigenvalue weighted by Gasteiger charge is 2.33. The van der Waals surface area contributed by atoms with Crippen LogP contribution < -0.4 is 20.3 Å². The summed E-state index contributed by atoms with van der Waals surface area (Å²) in [4.78, 5) is 27.9. The number of hydrogen-bond acceptors (Lipinski definition) is 9. The zero-order chi connectivity index (χ0) is 25.4. The van der Waals surface area contributed by atoms with E-state index in [2.05, 4.69) is 5.32 Å². The topological polar surface area (TPSA) is 110 Å². The summed E-state index contributed by atoms with van der Waals surface area (Å²) in [7, 11) is 1.59. The number of anilines is 1. The number of nitrogens with zero attached hydrogens (tertiary/aromatic N) is 3. The van der Waals surface area contributed by atoms with Gasteiger partial charge in [-0.1, -0.05) is 30.0 Å². The van der Waals surface area contributed by atoms with E-state index in [1.165, 1.54) is 27.5 Å². The number of nitriles is 1. The van der Waals surface area contributed by atoms with E-state index in [0.29, 0.717) is 50.0 Å². The van der Waals surface area contributed by atoms with Crippen molar-refractivity contribution in [3.63, 3.8) is 0 Å². The van der Waals surface area contributed by atoms with E-state index in [1.807, 2.05) is 24.3 Å².